The number of likely N-dealkylation sites (tertiary alicyclic amines) is 1. The first-order valence-corrected chi connectivity index (χ1v) is 9.43. The van der Waals surface area contributed by atoms with Gasteiger partial charge in [0.15, 0.2) is 0 Å². The van der Waals surface area contributed by atoms with Crippen LogP contribution in [0.3, 0.4) is 0 Å². The summed E-state index contributed by atoms with van der Waals surface area (Å²) in [6, 6.07) is 16.7. The maximum atomic E-state index is 9.04. The molecule has 0 aromatic heterocycles. The van der Waals surface area contributed by atoms with Crippen molar-refractivity contribution >= 4 is 11.6 Å². The molecular formula is C21H22ClN3O. The van der Waals surface area contributed by atoms with E-state index in [1.807, 2.05) is 7.05 Å². The molecule has 26 heavy (non-hydrogen) atoms. The van der Waals surface area contributed by atoms with Gasteiger partial charge in [0, 0.05) is 19.1 Å². The van der Waals surface area contributed by atoms with Gasteiger partial charge >= 0.3 is 0 Å². The number of hydrogen-bond donors (Lipinski definition) is 1. The minimum Gasteiger partial charge on any atom is -0.482 e. The molecule has 3 unspecified atom stereocenters. The van der Waals surface area contributed by atoms with E-state index < -0.39 is 0 Å². The molecule has 1 N–H and O–H groups in total. The fraction of sp³-hybridized carbons (Fsp3) is 0.381. The smallest absolute Gasteiger partial charge is 0.140 e. The van der Waals surface area contributed by atoms with E-state index >= 15 is 0 Å². The molecule has 5 heteroatoms. The number of nitriles is 1. The Kier molecular flexibility index (Phi) is 4.86. The second-order valence-electron chi connectivity index (χ2n) is 7.03. The highest BCUT2D eigenvalue weighted by Crippen LogP contribution is 2.40. The van der Waals surface area contributed by atoms with Crippen LogP contribution in [-0.2, 0) is 6.42 Å². The minimum atomic E-state index is -0.0489. The average molecular weight is 368 g/mol. The Morgan fingerprint density at radius 1 is 1.27 bits per heavy atom. The highest BCUT2D eigenvalue weighted by Gasteiger charge is 2.40. The van der Waals surface area contributed by atoms with Crippen molar-refractivity contribution in [1.29, 1.82) is 5.26 Å². The van der Waals surface area contributed by atoms with Crippen molar-refractivity contribution in [2.24, 2.45) is 0 Å². The van der Waals surface area contributed by atoms with E-state index in [1.165, 1.54) is 11.1 Å². The van der Waals surface area contributed by atoms with Gasteiger partial charge in [0.05, 0.1) is 22.7 Å². The molecule has 134 valence electrons. The summed E-state index contributed by atoms with van der Waals surface area (Å²) in [7, 11) is 2.03. The van der Waals surface area contributed by atoms with E-state index in [-0.39, 0.29) is 6.10 Å². The lowest BCUT2D eigenvalue weighted by molar-refractivity contribution is 0.0928. The van der Waals surface area contributed by atoms with Gasteiger partial charge in [-0.05, 0) is 49.2 Å². The summed E-state index contributed by atoms with van der Waals surface area (Å²) < 4.78 is 6.42. The van der Waals surface area contributed by atoms with Gasteiger partial charge in [0.25, 0.3) is 0 Å². The third-order valence-electron chi connectivity index (χ3n) is 5.55. The Morgan fingerprint density at radius 3 is 2.85 bits per heavy atom. The zero-order valence-electron chi connectivity index (χ0n) is 14.8. The molecule has 1 fully saturated rings. The molecule has 0 radical (unpaired) electrons. The maximum Gasteiger partial charge on any atom is 0.140 e. The van der Waals surface area contributed by atoms with Crippen molar-refractivity contribution in [3.63, 3.8) is 0 Å². The van der Waals surface area contributed by atoms with Crippen LogP contribution < -0.4 is 10.1 Å². The van der Waals surface area contributed by atoms with Crippen LogP contribution in [0.1, 0.15) is 29.2 Å². The summed E-state index contributed by atoms with van der Waals surface area (Å²) in [6.45, 7) is 2.11. The molecule has 0 amide bonds. The Balaban J connectivity index is 1.63. The van der Waals surface area contributed by atoms with Crippen LogP contribution in [0.5, 0.6) is 5.75 Å². The standard InChI is InChI=1S/C21H22ClN3O/c1-24-16-8-9-25(13-16)19-11-15-4-2-3-5-17(15)21(19)26-20-7-6-14(12-23)10-18(20)22/h2-7,10,16,19,21,24H,8-9,11,13H2,1H3. The molecule has 3 atom stereocenters. The highest BCUT2D eigenvalue weighted by atomic mass is 35.5. The minimum absolute atomic E-state index is 0.0489. The van der Waals surface area contributed by atoms with Gasteiger partial charge < -0.3 is 10.1 Å². The Morgan fingerprint density at radius 2 is 2.12 bits per heavy atom. The molecule has 1 aliphatic carbocycles. The van der Waals surface area contributed by atoms with Gasteiger partial charge in [-0.3, -0.25) is 4.90 Å². The van der Waals surface area contributed by atoms with E-state index in [0.29, 0.717) is 28.4 Å². The van der Waals surface area contributed by atoms with Gasteiger partial charge in [-0.15, -0.1) is 0 Å². The summed E-state index contributed by atoms with van der Waals surface area (Å²) in [5, 5.41) is 12.9. The summed E-state index contributed by atoms with van der Waals surface area (Å²) in [5.41, 5.74) is 3.13. The monoisotopic (exact) mass is 367 g/mol. The van der Waals surface area contributed by atoms with Crippen LogP contribution in [0.15, 0.2) is 42.5 Å². The molecule has 2 aromatic rings. The largest absolute Gasteiger partial charge is 0.482 e. The zero-order chi connectivity index (χ0) is 18.1. The number of hydrogen-bond acceptors (Lipinski definition) is 4. The summed E-state index contributed by atoms with van der Waals surface area (Å²) in [6.07, 6.45) is 2.10. The van der Waals surface area contributed by atoms with E-state index in [2.05, 4.69) is 40.6 Å². The number of likely N-dealkylation sites (N-methyl/N-ethyl adjacent to an activating group) is 1. The summed E-state index contributed by atoms with van der Waals surface area (Å²) in [4.78, 5) is 2.53. The zero-order valence-corrected chi connectivity index (χ0v) is 15.5. The molecule has 2 aliphatic rings. The molecular weight excluding hydrogens is 346 g/mol. The van der Waals surface area contributed by atoms with Crippen LogP contribution >= 0.6 is 11.6 Å². The first kappa shape index (κ1) is 17.4. The lowest BCUT2D eigenvalue weighted by atomic mass is 10.1. The third kappa shape index (κ3) is 3.19. The highest BCUT2D eigenvalue weighted by molar-refractivity contribution is 6.32. The molecule has 0 saturated carbocycles. The van der Waals surface area contributed by atoms with Crippen molar-refractivity contribution < 1.29 is 4.74 Å². The second-order valence-corrected chi connectivity index (χ2v) is 7.44. The molecule has 1 aliphatic heterocycles. The van der Waals surface area contributed by atoms with E-state index in [4.69, 9.17) is 21.6 Å². The predicted octanol–water partition coefficient (Wildman–Crippen LogP) is 3.55. The summed E-state index contributed by atoms with van der Waals surface area (Å²) in [5.74, 6) is 0.640. The fourth-order valence-electron chi connectivity index (χ4n) is 4.13. The van der Waals surface area contributed by atoms with Gasteiger partial charge in [-0.2, -0.15) is 5.26 Å². The first-order valence-electron chi connectivity index (χ1n) is 9.05. The molecule has 1 saturated heterocycles. The molecule has 2 aromatic carbocycles. The molecule has 0 spiro atoms. The Labute approximate surface area is 159 Å². The normalized spacial score (nSPS) is 25.0. The van der Waals surface area contributed by atoms with E-state index in [9.17, 15) is 0 Å². The number of benzene rings is 2. The van der Waals surface area contributed by atoms with E-state index in [1.54, 1.807) is 18.2 Å². The topological polar surface area (TPSA) is 48.3 Å². The number of nitrogens with zero attached hydrogens (tertiary/aromatic N) is 2. The van der Waals surface area contributed by atoms with Crippen LogP contribution in [0.4, 0.5) is 0 Å². The molecule has 4 nitrogen and oxygen atoms in total. The molecule has 1 heterocycles. The summed E-state index contributed by atoms with van der Waals surface area (Å²) >= 11 is 6.37. The number of rotatable bonds is 4. The fourth-order valence-corrected chi connectivity index (χ4v) is 4.35. The lowest BCUT2D eigenvalue weighted by Gasteiger charge is -2.30. The SMILES string of the molecule is CNC1CCN(C2Cc3ccccc3C2Oc2ccc(C#N)cc2Cl)C1. The van der Waals surface area contributed by atoms with Crippen molar-refractivity contribution in [3.8, 4) is 11.8 Å². The van der Waals surface area contributed by atoms with E-state index in [0.717, 1.165) is 25.9 Å². The van der Waals surface area contributed by atoms with Gasteiger partial charge in [-0.25, -0.2) is 0 Å². The third-order valence-corrected chi connectivity index (χ3v) is 5.85. The van der Waals surface area contributed by atoms with Gasteiger partial charge in [0.1, 0.15) is 11.9 Å². The Hall–Kier alpha value is -2.06. The van der Waals surface area contributed by atoms with Crippen molar-refractivity contribution in [1.82, 2.24) is 10.2 Å². The molecule has 4 rings (SSSR count). The van der Waals surface area contributed by atoms with Crippen LogP contribution in [0.25, 0.3) is 0 Å². The number of ether oxygens (including phenoxy) is 1. The van der Waals surface area contributed by atoms with Crippen LogP contribution in [-0.4, -0.2) is 37.1 Å². The quantitative estimate of drug-likeness (QED) is 0.897. The van der Waals surface area contributed by atoms with Crippen LogP contribution in [0, 0.1) is 11.3 Å². The number of nitrogens with one attached hydrogen (secondary N) is 1. The van der Waals surface area contributed by atoms with Crippen molar-refractivity contribution in [2.45, 2.75) is 31.0 Å². The number of halogens is 1. The van der Waals surface area contributed by atoms with Gasteiger partial charge in [0.2, 0.25) is 0 Å². The van der Waals surface area contributed by atoms with Gasteiger partial charge in [-0.1, -0.05) is 35.9 Å². The number of fused-ring (bicyclic) bond motifs is 1. The van der Waals surface area contributed by atoms with Crippen molar-refractivity contribution in [3.05, 3.63) is 64.2 Å². The average Bonchev–Trinajstić information content (AvgIpc) is 3.28. The lowest BCUT2D eigenvalue weighted by Crippen LogP contribution is -2.40. The maximum absolute atomic E-state index is 9.04. The predicted molar refractivity (Wildman–Crippen MR) is 103 cm³/mol. The molecule has 0 bridgehead atoms. The second kappa shape index (κ2) is 7.28. The Bertz CT molecular complexity index is 847. The van der Waals surface area contributed by atoms with Crippen molar-refractivity contribution in [2.75, 3.05) is 20.1 Å². The van der Waals surface area contributed by atoms with Crippen LogP contribution in [0.2, 0.25) is 5.02 Å². The first-order chi connectivity index (χ1) is 12.7.